The number of benzene rings is 5. The number of carbonyl (C=O) groups is 2. The van der Waals surface area contributed by atoms with Crippen molar-refractivity contribution in [3.63, 3.8) is 0 Å². The van der Waals surface area contributed by atoms with E-state index in [0.29, 0.717) is 11.4 Å². The van der Waals surface area contributed by atoms with Crippen LogP contribution in [0.3, 0.4) is 0 Å². The molecular formula is C41H37N3O4. The van der Waals surface area contributed by atoms with Crippen LogP contribution in [-0.4, -0.2) is 27.9 Å². The first-order chi connectivity index (χ1) is 23.1. The average molecular weight is 636 g/mol. The number of oxime groups is 2. The van der Waals surface area contributed by atoms with E-state index in [4.69, 9.17) is 9.68 Å². The molecule has 5 aromatic carbocycles. The lowest BCUT2D eigenvalue weighted by Gasteiger charge is -2.12. The van der Waals surface area contributed by atoms with Crippen LogP contribution < -0.4 is 0 Å². The van der Waals surface area contributed by atoms with Crippen LogP contribution in [-0.2, 0) is 25.7 Å². The molecule has 7 heteroatoms. The topological polar surface area (TPSA) is 82.2 Å². The summed E-state index contributed by atoms with van der Waals surface area (Å²) in [6.07, 6.45) is 0.819. The molecule has 0 saturated carbocycles. The lowest BCUT2D eigenvalue weighted by Crippen LogP contribution is -2.06. The molecule has 0 atom stereocenters. The Bertz CT molecular complexity index is 2220. The molecular weight excluding hydrogens is 598 g/mol. The number of fused-ring (bicyclic) bond motifs is 3. The van der Waals surface area contributed by atoms with E-state index in [2.05, 4.69) is 78.1 Å². The van der Waals surface area contributed by atoms with Crippen molar-refractivity contribution in [3.05, 3.63) is 148 Å². The Morgan fingerprint density at radius 1 is 0.625 bits per heavy atom. The van der Waals surface area contributed by atoms with Crippen molar-refractivity contribution in [2.45, 2.75) is 48.0 Å². The highest BCUT2D eigenvalue weighted by Gasteiger charge is 2.17. The second-order valence-electron chi connectivity index (χ2n) is 12.2. The lowest BCUT2D eigenvalue weighted by atomic mass is 9.93. The smallest absolute Gasteiger partial charge is 0.318 e. The van der Waals surface area contributed by atoms with E-state index in [9.17, 15) is 9.59 Å². The van der Waals surface area contributed by atoms with Crippen molar-refractivity contribution in [2.75, 3.05) is 0 Å². The minimum Gasteiger partial charge on any atom is -0.318 e. The number of aryl methyl sites for hydroxylation is 3. The molecule has 0 amide bonds. The molecule has 48 heavy (non-hydrogen) atoms. The van der Waals surface area contributed by atoms with Gasteiger partial charge in [0.1, 0.15) is 5.71 Å². The first-order valence-corrected chi connectivity index (χ1v) is 15.9. The summed E-state index contributed by atoms with van der Waals surface area (Å²) < 4.78 is 2.24. The van der Waals surface area contributed by atoms with Crippen LogP contribution in [0.15, 0.2) is 113 Å². The van der Waals surface area contributed by atoms with Gasteiger partial charge in [-0.2, -0.15) is 0 Å². The standard InChI is InChI=1S/C41H37N3O4/c1-25-20-26(2)36(27(3)21-25)22-31-12-18-39-37(23-31)38-24-34(41(43-48-30(6)46)33-10-8-7-9-11-33)15-19-40(38)44(39)35-16-13-32(14-17-35)28(4)42-47-29(5)45/h7-21,23-24H,22H2,1-6H3. The van der Waals surface area contributed by atoms with Gasteiger partial charge in [0, 0.05) is 41.4 Å². The Balaban J connectivity index is 1.53. The predicted octanol–water partition coefficient (Wildman–Crippen LogP) is 8.90. The fourth-order valence-corrected chi connectivity index (χ4v) is 6.31. The highest BCUT2D eigenvalue weighted by molar-refractivity contribution is 6.17. The summed E-state index contributed by atoms with van der Waals surface area (Å²) in [6.45, 7) is 11.0. The molecule has 1 aromatic heterocycles. The minimum atomic E-state index is -0.482. The molecule has 240 valence electrons. The highest BCUT2D eigenvalue weighted by Crippen LogP contribution is 2.35. The second kappa shape index (κ2) is 13.5. The van der Waals surface area contributed by atoms with E-state index in [1.807, 2.05) is 60.7 Å². The lowest BCUT2D eigenvalue weighted by molar-refractivity contribution is -0.141. The summed E-state index contributed by atoms with van der Waals surface area (Å²) in [5.41, 5.74) is 13.2. The molecule has 0 aliphatic carbocycles. The van der Waals surface area contributed by atoms with E-state index >= 15 is 0 Å². The monoisotopic (exact) mass is 635 g/mol. The van der Waals surface area contributed by atoms with Crippen molar-refractivity contribution < 1.29 is 19.3 Å². The summed E-state index contributed by atoms with van der Waals surface area (Å²) >= 11 is 0. The normalized spacial score (nSPS) is 12.0. The molecule has 6 rings (SSSR count). The number of rotatable bonds is 8. The van der Waals surface area contributed by atoms with Crippen LogP contribution >= 0.6 is 0 Å². The Labute approximate surface area is 280 Å². The Morgan fingerprint density at radius 3 is 1.85 bits per heavy atom. The molecule has 6 aromatic rings. The van der Waals surface area contributed by atoms with E-state index in [0.717, 1.165) is 50.6 Å². The van der Waals surface area contributed by atoms with Crippen LogP contribution in [0, 0.1) is 20.8 Å². The van der Waals surface area contributed by atoms with Crippen molar-refractivity contribution in [1.82, 2.24) is 4.57 Å². The molecule has 0 spiro atoms. The summed E-state index contributed by atoms with van der Waals surface area (Å²) in [5, 5.41) is 10.4. The van der Waals surface area contributed by atoms with E-state index in [1.165, 1.54) is 41.7 Å². The maximum Gasteiger partial charge on any atom is 0.332 e. The predicted molar refractivity (Wildman–Crippen MR) is 192 cm³/mol. The zero-order chi connectivity index (χ0) is 33.9. The molecule has 0 fully saturated rings. The van der Waals surface area contributed by atoms with E-state index < -0.39 is 11.9 Å². The van der Waals surface area contributed by atoms with E-state index in [-0.39, 0.29) is 0 Å². The summed E-state index contributed by atoms with van der Waals surface area (Å²) in [5.74, 6) is -0.944. The molecule has 0 saturated heterocycles. The number of hydrogen-bond acceptors (Lipinski definition) is 6. The Morgan fingerprint density at radius 2 is 1.21 bits per heavy atom. The first-order valence-electron chi connectivity index (χ1n) is 15.9. The zero-order valence-electron chi connectivity index (χ0n) is 28.0. The fraction of sp³-hybridized carbons (Fsp3) is 0.171. The quantitative estimate of drug-likeness (QED) is 0.0950. The van der Waals surface area contributed by atoms with Crippen molar-refractivity contribution in [2.24, 2.45) is 10.3 Å². The third-order valence-electron chi connectivity index (χ3n) is 8.49. The maximum atomic E-state index is 11.8. The maximum absolute atomic E-state index is 11.8. The van der Waals surface area contributed by atoms with Gasteiger partial charge in [-0.3, -0.25) is 0 Å². The number of carbonyl (C=O) groups excluding carboxylic acids is 2. The van der Waals surface area contributed by atoms with Gasteiger partial charge in [0.15, 0.2) is 0 Å². The van der Waals surface area contributed by atoms with Gasteiger partial charge in [-0.05, 0) is 98.3 Å². The largest absolute Gasteiger partial charge is 0.332 e. The van der Waals surface area contributed by atoms with Crippen molar-refractivity contribution in [1.29, 1.82) is 0 Å². The molecule has 0 unspecified atom stereocenters. The van der Waals surface area contributed by atoms with Gasteiger partial charge in [-0.25, -0.2) is 9.59 Å². The van der Waals surface area contributed by atoms with Gasteiger partial charge < -0.3 is 14.2 Å². The van der Waals surface area contributed by atoms with Gasteiger partial charge >= 0.3 is 11.9 Å². The minimum absolute atomic E-state index is 0.462. The Hall–Kier alpha value is -5.82. The summed E-state index contributed by atoms with van der Waals surface area (Å²) in [7, 11) is 0. The van der Waals surface area contributed by atoms with Crippen LogP contribution in [0.25, 0.3) is 27.5 Å². The third-order valence-corrected chi connectivity index (χ3v) is 8.49. The van der Waals surface area contributed by atoms with Crippen LogP contribution in [0.1, 0.15) is 65.3 Å². The third kappa shape index (κ3) is 6.67. The van der Waals surface area contributed by atoms with Crippen molar-refractivity contribution >= 4 is 45.2 Å². The zero-order valence-corrected chi connectivity index (χ0v) is 28.0. The number of nitrogens with zero attached hydrogens (tertiary/aromatic N) is 3. The Kier molecular flexibility index (Phi) is 9.04. The van der Waals surface area contributed by atoms with E-state index in [1.54, 1.807) is 6.92 Å². The molecule has 0 aliphatic heterocycles. The molecule has 0 N–H and O–H groups in total. The molecule has 0 radical (unpaired) electrons. The summed E-state index contributed by atoms with van der Waals surface area (Å²) in [4.78, 5) is 33.1. The number of hydrogen-bond donors (Lipinski definition) is 0. The number of aromatic nitrogens is 1. The van der Waals surface area contributed by atoms with Gasteiger partial charge in [0.05, 0.1) is 16.7 Å². The van der Waals surface area contributed by atoms with Crippen LogP contribution in [0.4, 0.5) is 0 Å². The van der Waals surface area contributed by atoms with Gasteiger partial charge in [-0.15, -0.1) is 0 Å². The summed E-state index contributed by atoms with van der Waals surface area (Å²) in [6, 6.07) is 35.1. The first kappa shape index (κ1) is 32.1. The van der Waals surface area contributed by atoms with Crippen molar-refractivity contribution in [3.8, 4) is 5.69 Å². The molecule has 1 heterocycles. The molecule has 0 aliphatic rings. The van der Waals surface area contributed by atoms with Gasteiger partial charge in [-0.1, -0.05) is 82.6 Å². The second-order valence-corrected chi connectivity index (χ2v) is 12.2. The fourth-order valence-electron chi connectivity index (χ4n) is 6.31. The van der Waals surface area contributed by atoms with Gasteiger partial charge in [0.25, 0.3) is 0 Å². The van der Waals surface area contributed by atoms with Gasteiger partial charge in [0.2, 0.25) is 0 Å². The van der Waals surface area contributed by atoms with Crippen LogP contribution in [0.5, 0.6) is 0 Å². The highest BCUT2D eigenvalue weighted by atomic mass is 16.7. The van der Waals surface area contributed by atoms with Crippen LogP contribution in [0.2, 0.25) is 0 Å². The average Bonchev–Trinajstić information content (AvgIpc) is 3.39. The molecule has 0 bridgehead atoms. The SMILES string of the molecule is CC(=O)ON=C(C)c1ccc(-n2c3ccc(Cc4c(C)cc(C)cc4C)cc3c3cc(C(=NOC(C)=O)c4ccccc4)ccc32)cc1. The molecule has 7 nitrogen and oxygen atoms in total.